The molecule has 2 heterocycles. The van der Waals surface area contributed by atoms with Gasteiger partial charge in [0.1, 0.15) is 4.47 Å². The van der Waals surface area contributed by atoms with Gasteiger partial charge in [0.2, 0.25) is 11.8 Å². The quantitative estimate of drug-likeness (QED) is 0.278. The molecule has 0 radical (unpaired) electrons. The predicted molar refractivity (Wildman–Crippen MR) is 122 cm³/mol. The Morgan fingerprint density at radius 2 is 1.91 bits per heavy atom. The van der Waals surface area contributed by atoms with Crippen molar-refractivity contribution in [2.24, 2.45) is 0 Å². The zero-order valence-corrected chi connectivity index (χ0v) is 20.2. The van der Waals surface area contributed by atoms with E-state index in [0.29, 0.717) is 5.69 Å². The Morgan fingerprint density at radius 1 is 1.21 bits per heavy atom. The molecular weight excluding hydrogens is 538 g/mol. The molecule has 0 saturated carbocycles. The molecule has 0 fully saturated rings. The average Bonchev–Trinajstić information content (AvgIpc) is 3.18. The minimum absolute atomic E-state index is 0.00966. The molecule has 0 aliphatic rings. The van der Waals surface area contributed by atoms with E-state index in [-0.39, 0.29) is 51.8 Å². The summed E-state index contributed by atoms with van der Waals surface area (Å²) in [6.07, 6.45) is 1.39. The second-order valence-electron chi connectivity index (χ2n) is 6.53. The molecule has 180 valence electrons. The Morgan fingerprint density at radius 3 is 2.50 bits per heavy atom. The summed E-state index contributed by atoms with van der Waals surface area (Å²) >= 11 is 3.04. The fourth-order valence-electron chi connectivity index (χ4n) is 2.63. The van der Waals surface area contributed by atoms with Crippen molar-refractivity contribution in [1.29, 1.82) is 0 Å². The number of amides is 1. The third kappa shape index (κ3) is 6.16. The molecule has 1 aromatic carbocycles. The Kier molecular flexibility index (Phi) is 7.62. The van der Waals surface area contributed by atoms with Crippen molar-refractivity contribution in [2.75, 3.05) is 24.3 Å². The zero-order chi connectivity index (χ0) is 24.9. The largest absolute Gasteiger partial charge is 0.481 e. The number of anilines is 2. The van der Waals surface area contributed by atoms with Gasteiger partial charge >= 0.3 is 11.8 Å². The molecule has 3 rings (SSSR count). The number of methoxy groups -OCH3 is 2. The van der Waals surface area contributed by atoms with Gasteiger partial charge in [0, 0.05) is 18.2 Å². The predicted octanol–water partition coefficient (Wildman–Crippen LogP) is 2.19. The summed E-state index contributed by atoms with van der Waals surface area (Å²) in [7, 11) is -1.30. The van der Waals surface area contributed by atoms with Crippen LogP contribution in [0.1, 0.15) is 6.42 Å². The summed E-state index contributed by atoms with van der Waals surface area (Å²) in [5.41, 5.74) is 0.363. The monoisotopic (exact) mass is 555 g/mol. The van der Waals surface area contributed by atoms with Gasteiger partial charge < -0.3 is 24.9 Å². The molecule has 1 amide bonds. The van der Waals surface area contributed by atoms with Crippen LogP contribution >= 0.6 is 15.9 Å². The van der Waals surface area contributed by atoms with Gasteiger partial charge in [0.15, 0.2) is 5.82 Å². The van der Waals surface area contributed by atoms with Crippen LogP contribution in [-0.2, 0) is 21.4 Å². The Labute approximate surface area is 201 Å². The molecule has 2 N–H and O–H groups in total. The third-order valence-electron chi connectivity index (χ3n) is 4.20. The van der Waals surface area contributed by atoms with E-state index in [0.717, 1.165) is 0 Å². The highest BCUT2D eigenvalue weighted by Crippen LogP contribution is 2.23. The van der Waals surface area contributed by atoms with Crippen LogP contribution in [0.15, 0.2) is 45.9 Å². The molecule has 0 saturated heterocycles. The molecule has 0 spiro atoms. The van der Waals surface area contributed by atoms with Crippen molar-refractivity contribution in [1.82, 2.24) is 19.7 Å². The van der Waals surface area contributed by atoms with Gasteiger partial charge in [-0.2, -0.15) is 14.6 Å². The van der Waals surface area contributed by atoms with Crippen LogP contribution in [0, 0.1) is 10.1 Å². The van der Waals surface area contributed by atoms with Crippen LogP contribution in [0.4, 0.5) is 17.3 Å². The van der Waals surface area contributed by atoms with Crippen LogP contribution in [-0.4, -0.2) is 53.2 Å². The molecule has 2 aromatic heterocycles. The smallest absolute Gasteiger partial charge is 0.404 e. The minimum atomic E-state index is -4.00. The van der Waals surface area contributed by atoms with E-state index in [9.17, 15) is 23.3 Å². The summed E-state index contributed by atoms with van der Waals surface area (Å²) < 4.78 is 39.0. The number of aryl methyl sites for hydroxylation is 1. The number of ether oxygens (including phenoxy) is 2. The first kappa shape index (κ1) is 24.8. The second-order valence-corrected chi connectivity index (χ2v) is 9.07. The number of hydrogen-bond acceptors (Lipinski definition) is 10. The van der Waals surface area contributed by atoms with E-state index < -0.39 is 14.9 Å². The molecule has 0 aliphatic heterocycles. The lowest BCUT2D eigenvalue weighted by Gasteiger charge is -2.10. The van der Waals surface area contributed by atoms with E-state index in [1.165, 1.54) is 55.4 Å². The number of nitrogens with zero attached hydrogens (tertiary/aromatic N) is 5. The number of carbonyl (C=O) groups excluding carboxylic acids is 1. The Hall–Kier alpha value is -3.79. The van der Waals surface area contributed by atoms with E-state index in [1.807, 2.05) is 0 Å². The van der Waals surface area contributed by atoms with Crippen molar-refractivity contribution in [3.63, 3.8) is 0 Å². The van der Waals surface area contributed by atoms with Gasteiger partial charge in [-0.15, -0.1) is 0 Å². The number of halogens is 1. The maximum Gasteiger partial charge on any atom is 0.404 e. The lowest BCUT2D eigenvalue weighted by atomic mass is 10.3. The normalized spacial score (nSPS) is 11.0. The first-order valence-corrected chi connectivity index (χ1v) is 11.7. The molecule has 3 aromatic rings. The lowest BCUT2D eigenvalue weighted by molar-refractivity contribution is -0.390. The topological polar surface area (TPSA) is 180 Å². The van der Waals surface area contributed by atoms with Gasteiger partial charge in [-0.3, -0.25) is 9.52 Å². The number of hydrogen-bond donors (Lipinski definition) is 2. The van der Waals surface area contributed by atoms with Gasteiger partial charge in [0.05, 0.1) is 37.0 Å². The number of carbonyl (C=O) groups is 1. The maximum atomic E-state index is 12.7. The summed E-state index contributed by atoms with van der Waals surface area (Å²) in [6, 6.07) is 6.67. The lowest BCUT2D eigenvalue weighted by Crippen LogP contribution is -2.16. The standard InChI is InChI=1S/C18H18BrN7O7S/c1-32-16-9-14(21-18(22-16)33-2)24-34(30,31)12-5-3-11(4-6-12)20-15(27)7-8-25-10-13(19)17(23-25)26(28)29/h3-6,9-10H,7-8H2,1-2H3,(H,20,27)(H,21,22,24). The number of benzene rings is 1. The SMILES string of the molecule is COc1cc(NS(=O)(=O)c2ccc(NC(=O)CCn3cc(Br)c([N+](=O)[O-])n3)cc2)nc(OC)n1. The van der Waals surface area contributed by atoms with E-state index in [2.05, 4.69) is 41.0 Å². The van der Waals surface area contributed by atoms with Crippen molar-refractivity contribution in [3.05, 3.63) is 51.1 Å². The van der Waals surface area contributed by atoms with Crippen molar-refractivity contribution >= 4 is 49.2 Å². The van der Waals surface area contributed by atoms with E-state index in [4.69, 9.17) is 9.47 Å². The molecular formula is C18H18BrN7O7S. The summed E-state index contributed by atoms with van der Waals surface area (Å²) in [6.45, 7) is 0.112. The van der Waals surface area contributed by atoms with Gasteiger partial charge in [-0.25, -0.2) is 8.42 Å². The van der Waals surface area contributed by atoms with Crippen LogP contribution in [0.5, 0.6) is 11.9 Å². The number of nitro groups is 1. The first-order chi connectivity index (χ1) is 16.1. The highest BCUT2D eigenvalue weighted by Gasteiger charge is 2.19. The molecule has 0 aliphatic carbocycles. The highest BCUT2D eigenvalue weighted by atomic mass is 79.9. The molecule has 0 unspecified atom stereocenters. The van der Waals surface area contributed by atoms with Crippen molar-refractivity contribution in [3.8, 4) is 11.9 Å². The summed E-state index contributed by atoms with van der Waals surface area (Å²) in [5, 5.41) is 17.2. The van der Waals surface area contributed by atoms with Gasteiger partial charge in [-0.1, -0.05) is 0 Å². The molecule has 34 heavy (non-hydrogen) atoms. The third-order valence-corrected chi connectivity index (χ3v) is 6.13. The van der Waals surface area contributed by atoms with Crippen LogP contribution in [0.2, 0.25) is 0 Å². The minimum Gasteiger partial charge on any atom is -0.481 e. The number of rotatable bonds is 10. The highest BCUT2D eigenvalue weighted by molar-refractivity contribution is 9.10. The van der Waals surface area contributed by atoms with Crippen molar-refractivity contribution < 1.29 is 27.6 Å². The molecule has 0 atom stereocenters. The molecule has 14 nitrogen and oxygen atoms in total. The fourth-order valence-corrected chi connectivity index (χ4v) is 4.08. The first-order valence-electron chi connectivity index (χ1n) is 9.38. The average molecular weight is 556 g/mol. The molecule has 16 heteroatoms. The fraction of sp³-hybridized carbons (Fsp3) is 0.222. The Balaban J connectivity index is 1.62. The molecule has 0 bridgehead atoms. The summed E-state index contributed by atoms with van der Waals surface area (Å²) in [4.78, 5) is 30.1. The second kappa shape index (κ2) is 10.4. The number of aromatic nitrogens is 4. The van der Waals surface area contributed by atoms with E-state index in [1.54, 1.807) is 0 Å². The van der Waals surface area contributed by atoms with Crippen LogP contribution < -0.4 is 19.5 Å². The van der Waals surface area contributed by atoms with Crippen molar-refractivity contribution in [2.45, 2.75) is 17.9 Å². The maximum absolute atomic E-state index is 12.7. The van der Waals surface area contributed by atoms with Gasteiger partial charge in [-0.05, 0) is 45.1 Å². The number of sulfonamides is 1. The van der Waals surface area contributed by atoms with Crippen LogP contribution in [0.25, 0.3) is 0 Å². The number of nitrogens with one attached hydrogen (secondary N) is 2. The van der Waals surface area contributed by atoms with Gasteiger partial charge in [0.25, 0.3) is 10.0 Å². The van der Waals surface area contributed by atoms with E-state index >= 15 is 0 Å². The van der Waals surface area contributed by atoms with Crippen LogP contribution in [0.3, 0.4) is 0 Å². The zero-order valence-electron chi connectivity index (χ0n) is 17.8. The Bertz CT molecular complexity index is 1290. The summed E-state index contributed by atoms with van der Waals surface area (Å²) in [5.74, 6) is -0.667.